The van der Waals surface area contributed by atoms with Gasteiger partial charge in [0.2, 0.25) is 5.91 Å². The number of hydrogen-bond donors (Lipinski definition) is 0. The van der Waals surface area contributed by atoms with Crippen molar-refractivity contribution < 1.29 is 9.59 Å². The highest BCUT2D eigenvalue weighted by Gasteiger charge is 2.26. The maximum atomic E-state index is 11.7. The zero-order valence-corrected chi connectivity index (χ0v) is 9.56. The second kappa shape index (κ2) is 3.87. The molecule has 0 spiro atoms. The van der Waals surface area contributed by atoms with Crippen molar-refractivity contribution in [2.24, 2.45) is 0 Å². The van der Waals surface area contributed by atoms with Gasteiger partial charge in [-0.2, -0.15) is 0 Å². The summed E-state index contributed by atoms with van der Waals surface area (Å²) in [6, 6.07) is 7.37. The van der Waals surface area contributed by atoms with Crippen molar-refractivity contribution in [1.82, 2.24) is 9.80 Å². The molecule has 1 aromatic rings. The minimum absolute atomic E-state index is 0.0915. The molecule has 0 atom stereocenters. The van der Waals surface area contributed by atoms with Gasteiger partial charge in [0.25, 0.3) is 5.91 Å². The van der Waals surface area contributed by atoms with Crippen molar-refractivity contribution >= 4 is 11.8 Å². The van der Waals surface area contributed by atoms with Gasteiger partial charge in [0.05, 0.1) is 6.42 Å². The molecule has 2 heterocycles. The quantitative estimate of drug-likeness (QED) is 0.710. The Labute approximate surface area is 99.8 Å². The number of benzene rings is 1. The molecule has 17 heavy (non-hydrogen) atoms. The summed E-state index contributed by atoms with van der Waals surface area (Å²) in [6.45, 7) is 3.52. The molecular weight excluding hydrogens is 216 g/mol. The summed E-state index contributed by atoms with van der Waals surface area (Å²) in [7, 11) is 0. The van der Waals surface area contributed by atoms with E-state index in [0.29, 0.717) is 12.0 Å². The van der Waals surface area contributed by atoms with Gasteiger partial charge in [-0.15, -0.1) is 0 Å². The Morgan fingerprint density at radius 2 is 1.53 bits per heavy atom. The van der Waals surface area contributed by atoms with E-state index in [9.17, 15) is 9.59 Å². The Bertz CT molecular complexity index is 459. The summed E-state index contributed by atoms with van der Waals surface area (Å²) in [5.74, 6) is 0.267. The van der Waals surface area contributed by atoms with Gasteiger partial charge in [-0.1, -0.05) is 12.1 Å². The molecule has 0 bridgehead atoms. The molecule has 2 saturated heterocycles. The lowest BCUT2D eigenvalue weighted by molar-refractivity contribution is -0.125. The zero-order chi connectivity index (χ0) is 11.8. The van der Waals surface area contributed by atoms with Crippen molar-refractivity contribution in [1.29, 1.82) is 0 Å². The van der Waals surface area contributed by atoms with Crippen LogP contribution >= 0.6 is 0 Å². The van der Waals surface area contributed by atoms with Crippen molar-refractivity contribution in [3.8, 4) is 0 Å². The lowest BCUT2D eigenvalue weighted by Gasteiger charge is -2.04. The minimum atomic E-state index is 0.0915. The van der Waals surface area contributed by atoms with Crippen LogP contribution in [0.1, 0.15) is 15.9 Å². The number of nitrogens with zero attached hydrogens (tertiary/aromatic N) is 2. The van der Waals surface area contributed by atoms with E-state index in [2.05, 4.69) is 0 Å². The maximum absolute atomic E-state index is 11.7. The first kappa shape index (κ1) is 10.3. The summed E-state index contributed by atoms with van der Waals surface area (Å²) in [6.07, 6.45) is 0.443. The normalized spacial score (nSPS) is 16.9. The van der Waals surface area contributed by atoms with Crippen molar-refractivity contribution in [3.63, 3.8) is 0 Å². The molecule has 4 nitrogen and oxygen atoms in total. The van der Waals surface area contributed by atoms with E-state index in [1.807, 2.05) is 29.2 Å². The van der Waals surface area contributed by atoms with E-state index in [1.165, 1.54) is 0 Å². The van der Waals surface area contributed by atoms with Crippen LogP contribution in [-0.4, -0.2) is 47.8 Å². The number of amides is 2. The standard InChI is InChI=1S/C13H14N2O2/c16-12(14-5-6-14)9-10-1-3-11(4-2-10)13(17)15-7-8-15/h1-4H,5-9H2. The smallest absolute Gasteiger partial charge is 0.253 e. The number of carbonyl (C=O) groups is 2. The van der Waals surface area contributed by atoms with Gasteiger partial charge >= 0.3 is 0 Å². The van der Waals surface area contributed by atoms with E-state index in [-0.39, 0.29) is 11.8 Å². The average Bonchev–Trinajstić information content (AvgIpc) is 3.20. The second-order valence-electron chi connectivity index (χ2n) is 4.55. The molecule has 0 unspecified atom stereocenters. The van der Waals surface area contributed by atoms with E-state index < -0.39 is 0 Å². The van der Waals surface area contributed by atoms with Crippen LogP contribution < -0.4 is 0 Å². The number of rotatable bonds is 3. The van der Waals surface area contributed by atoms with E-state index >= 15 is 0 Å². The topological polar surface area (TPSA) is 40.2 Å². The Kier molecular flexibility index (Phi) is 2.35. The van der Waals surface area contributed by atoms with Crippen molar-refractivity contribution in [3.05, 3.63) is 35.4 Å². The van der Waals surface area contributed by atoms with Gasteiger partial charge in [-0.05, 0) is 17.7 Å². The average molecular weight is 230 g/mol. The van der Waals surface area contributed by atoms with Crippen molar-refractivity contribution in [2.75, 3.05) is 26.2 Å². The number of hydrogen-bond acceptors (Lipinski definition) is 2. The highest BCUT2D eigenvalue weighted by molar-refractivity contribution is 5.95. The summed E-state index contributed by atoms with van der Waals surface area (Å²) in [5, 5.41) is 0. The maximum Gasteiger partial charge on any atom is 0.253 e. The Morgan fingerprint density at radius 1 is 0.941 bits per heavy atom. The Morgan fingerprint density at radius 3 is 2.06 bits per heavy atom. The fourth-order valence-electron chi connectivity index (χ4n) is 1.79. The predicted molar refractivity (Wildman–Crippen MR) is 62.6 cm³/mol. The van der Waals surface area contributed by atoms with Crippen LogP contribution in [0.3, 0.4) is 0 Å². The molecule has 88 valence electrons. The zero-order valence-electron chi connectivity index (χ0n) is 9.56. The summed E-state index contributed by atoms with van der Waals surface area (Å²) < 4.78 is 0. The molecule has 4 heteroatoms. The molecular formula is C13H14N2O2. The van der Waals surface area contributed by atoms with Gasteiger partial charge in [-0.3, -0.25) is 9.59 Å². The van der Waals surface area contributed by atoms with Crippen LogP contribution in [0, 0.1) is 0 Å². The fourth-order valence-corrected chi connectivity index (χ4v) is 1.79. The van der Waals surface area contributed by atoms with Gasteiger partial charge in [-0.25, -0.2) is 0 Å². The Hall–Kier alpha value is -1.84. The molecule has 2 fully saturated rings. The monoisotopic (exact) mass is 230 g/mol. The first-order chi connectivity index (χ1) is 8.24. The van der Waals surface area contributed by atoms with E-state index in [4.69, 9.17) is 0 Å². The van der Waals surface area contributed by atoms with Crippen LogP contribution in [-0.2, 0) is 11.2 Å². The molecule has 2 aliphatic heterocycles. The van der Waals surface area contributed by atoms with Gasteiger partial charge < -0.3 is 9.80 Å². The SMILES string of the molecule is O=C(Cc1ccc(C(=O)N2CC2)cc1)N1CC1. The molecule has 0 saturated carbocycles. The largest absolute Gasteiger partial charge is 0.339 e. The third kappa shape index (κ3) is 2.30. The van der Waals surface area contributed by atoms with Crippen LogP contribution in [0.5, 0.6) is 0 Å². The van der Waals surface area contributed by atoms with Gasteiger partial charge in [0.15, 0.2) is 0 Å². The summed E-state index contributed by atoms with van der Waals surface area (Å²) in [4.78, 5) is 26.9. The molecule has 0 N–H and O–H groups in total. The molecule has 3 rings (SSSR count). The summed E-state index contributed by atoms with van der Waals surface area (Å²) in [5.41, 5.74) is 1.69. The van der Waals surface area contributed by atoms with Gasteiger partial charge in [0, 0.05) is 31.7 Å². The minimum Gasteiger partial charge on any atom is -0.339 e. The predicted octanol–water partition coefficient (Wildman–Crippen LogP) is 0.527. The van der Waals surface area contributed by atoms with Crippen LogP contribution in [0.2, 0.25) is 0 Å². The molecule has 0 aromatic heterocycles. The third-order valence-corrected chi connectivity index (χ3v) is 3.09. The molecule has 2 amide bonds. The summed E-state index contributed by atoms with van der Waals surface area (Å²) >= 11 is 0. The van der Waals surface area contributed by atoms with Crippen LogP contribution in [0.15, 0.2) is 24.3 Å². The fraction of sp³-hybridized carbons (Fsp3) is 0.385. The molecule has 0 radical (unpaired) electrons. The molecule has 1 aromatic carbocycles. The van der Waals surface area contributed by atoms with Crippen molar-refractivity contribution in [2.45, 2.75) is 6.42 Å². The number of carbonyl (C=O) groups excluding carboxylic acids is 2. The lowest BCUT2D eigenvalue weighted by atomic mass is 10.1. The first-order valence-electron chi connectivity index (χ1n) is 5.90. The van der Waals surface area contributed by atoms with E-state index in [1.54, 1.807) is 4.90 Å². The highest BCUT2D eigenvalue weighted by atomic mass is 16.2. The first-order valence-corrected chi connectivity index (χ1v) is 5.90. The molecule has 2 aliphatic rings. The van der Waals surface area contributed by atoms with Crippen LogP contribution in [0.4, 0.5) is 0 Å². The van der Waals surface area contributed by atoms with Crippen LogP contribution in [0.25, 0.3) is 0 Å². The highest BCUT2D eigenvalue weighted by Crippen LogP contribution is 2.14. The Balaban J connectivity index is 1.66. The van der Waals surface area contributed by atoms with E-state index in [0.717, 1.165) is 31.7 Å². The lowest BCUT2D eigenvalue weighted by Crippen LogP contribution is -2.14. The molecule has 0 aliphatic carbocycles. The third-order valence-electron chi connectivity index (χ3n) is 3.09. The van der Waals surface area contributed by atoms with Gasteiger partial charge in [0.1, 0.15) is 0 Å². The second-order valence-corrected chi connectivity index (χ2v) is 4.55.